The van der Waals surface area contributed by atoms with Crippen molar-refractivity contribution in [1.82, 2.24) is 10.7 Å². The van der Waals surface area contributed by atoms with Crippen LogP contribution in [-0.2, 0) is 0 Å². The molecular weight excluding hydrogens is 244 g/mol. The molecule has 0 unspecified atom stereocenters. The number of nitrogens with one attached hydrogen (secondary N) is 2. The zero-order chi connectivity index (χ0) is 12.8. The maximum atomic E-state index is 10.5. The Kier molecular flexibility index (Phi) is 4.35. The Hall–Kier alpha value is -2.22. The van der Waals surface area contributed by atoms with Crippen molar-refractivity contribution in [2.24, 2.45) is 5.10 Å². The molecule has 0 radical (unpaired) electrons. The first-order chi connectivity index (χ1) is 8.04. The zero-order valence-electron chi connectivity index (χ0n) is 8.88. The van der Waals surface area contributed by atoms with E-state index in [1.807, 2.05) is 0 Å². The van der Waals surface area contributed by atoms with E-state index in [1.165, 1.54) is 24.4 Å². The minimum absolute atomic E-state index is 0.100. The number of phenols is 1. The van der Waals surface area contributed by atoms with E-state index in [-0.39, 0.29) is 17.0 Å². The fourth-order valence-corrected chi connectivity index (χ4v) is 1.03. The summed E-state index contributed by atoms with van der Waals surface area (Å²) < 4.78 is 0. The van der Waals surface area contributed by atoms with E-state index in [2.05, 4.69) is 15.8 Å². The van der Waals surface area contributed by atoms with Crippen molar-refractivity contribution >= 4 is 29.2 Å². The first kappa shape index (κ1) is 12.8. The second-order valence-corrected chi connectivity index (χ2v) is 3.36. The van der Waals surface area contributed by atoms with Crippen LogP contribution in [0, 0.1) is 10.1 Å². The molecule has 0 aliphatic heterocycles. The van der Waals surface area contributed by atoms with Gasteiger partial charge in [-0.1, -0.05) is 0 Å². The van der Waals surface area contributed by atoms with Gasteiger partial charge in [-0.15, -0.1) is 0 Å². The molecule has 0 aromatic heterocycles. The second kappa shape index (κ2) is 5.75. The largest absolute Gasteiger partial charge is 0.507 e. The number of hydrazone groups is 1. The van der Waals surface area contributed by atoms with Crippen molar-refractivity contribution in [3.05, 3.63) is 33.9 Å². The minimum atomic E-state index is -0.553. The van der Waals surface area contributed by atoms with Gasteiger partial charge in [0.2, 0.25) is 0 Å². The summed E-state index contributed by atoms with van der Waals surface area (Å²) >= 11 is 4.76. The lowest BCUT2D eigenvalue weighted by atomic mass is 10.2. The summed E-state index contributed by atoms with van der Waals surface area (Å²) in [5.74, 6) is -0.100. The molecule has 90 valence electrons. The number of hydrogen-bond acceptors (Lipinski definition) is 5. The molecule has 7 nitrogen and oxygen atoms in total. The summed E-state index contributed by atoms with van der Waals surface area (Å²) in [4.78, 5) is 9.97. The van der Waals surface area contributed by atoms with Crippen LogP contribution in [0.3, 0.4) is 0 Å². The Morgan fingerprint density at radius 3 is 2.94 bits per heavy atom. The number of thiocarbonyl (C=S) groups is 1. The SMILES string of the molecule is CNC(=S)NN=Cc1cc([N+](=O)[O-])ccc1O. The van der Waals surface area contributed by atoms with Gasteiger partial charge in [0.15, 0.2) is 5.11 Å². The van der Waals surface area contributed by atoms with Crippen molar-refractivity contribution in [2.75, 3.05) is 7.05 Å². The molecule has 0 atom stereocenters. The van der Waals surface area contributed by atoms with Gasteiger partial charge in [0.1, 0.15) is 5.75 Å². The van der Waals surface area contributed by atoms with Crippen LogP contribution in [0.15, 0.2) is 23.3 Å². The van der Waals surface area contributed by atoms with Crippen LogP contribution in [0.4, 0.5) is 5.69 Å². The van der Waals surface area contributed by atoms with Crippen molar-refractivity contribution < 1.29 is 10.0 Å². The number of non-ortho nitro benzene ring substituents is 1. The van der Waals surface area contributed by atoms with Gasteiger partial charge in [0.25, 0.3) is 5.69 Å². The van der Waals surface area contributed by atoms with Gasteiger partial charge in [-0.25, -0.2) is 0 Å². The summed E-state index contributed by atoms with van der Waals surface area (Å²) in [6.07, 6.45) is 1.24. The highest BCUT2D eigenvalue weighted by atomic mass is 32.1. The molecule has 1 rings (SSSR count). The molecule has 1 aromatic rings. The third-order valence-corrected chi connectivity index (χ3v) is 2.11. The summed E-state index contributed by atoms with van der Waals surface area (Å²) in [5.41, 5.74) is 2.57. The fraction of sp³-hybridized carbons (Fsp3) is 0.111. The lowest BCUT2D eigenvalue weighted by Crippen LogP contribution is -2.28. The first-order valence-electron chi connectivity index (χ1n) is 4.53. The highest BCUT2D eigenvalue weighted by Gasteiger charge is 2.08. The number of hydrogen-bond donors (Lipinski definition) is 3. The molecule has 0 aliphatic carbocycles. The Morgan fingerprint density at radius 1 is 1.65 bits per heavy atom. The molecule has 0 saturated heterocycles. The highest BCUT2D eigenvalue weighted by Crippen LogP contribution is 2.20. The highest BCUT2D eigenvalue weighted by molar-refractivity contribution is 7.80. The average Bonchev–Trinajstić information content (AvgIpc) is 2.30. The summed E-state index contributed by atoms with van der Waals surface area (Å²) in [7, 11) is 1.62. The van der Waals surface area contributed by atoms with Gasteiger partial charge < -0.3 is 10.4 Å². The molecule has 1 aromatic carbocycles. The van der Waals surface area contributed by atoms with Crippen LogP contribution < -0.4 is 10.7 Å². The second-order valence-electron chi connectivity index (χ2n) is 2.95. The van der Waals surface area contributed by atoms with Gasteiger partial charge >= 0.3 is 0 Å². The van der Waals surface area contributed by atoms with E-state index in [0.717, 1.165) is 0 Å². The van der Waals surface area contributed by atoms with E-state index in [9.17, 15) is 15.2 Å². The summed E-state index contributed by atoms with van der Waals surface area (Å²) in [6, 6.07) is 3.65. The van der Waals surface area contributed by atoms with Crippen LogP contribution in [0.1, 0.15) is 5.56 Å². The van der Waals surface area contributed by atoms with Crippen molar-refractivity contribution in [3.63, 3.8) is 0 Å². The third kappa shape index (κ3) is 3.68. The quantitative estimate of drug-likeness (QED) is 0.318. The van der Waals surface area contributed by atoms with Crippen LogP contribution in [0.5, 0.6) is 5.75 Å². The number of phenolic OH excluding ortho intramolecular Hbond substituents is 1. The topological polar surface area (TPSA) is 99.8 Å². The first-order valence-corrected chi connectivity index (χ1v) is 4.93. The van der Waals surface area contributed by atoms with Crippen LogP contribution in [0.2, 0.25) is 0 Å². The molecule has 8 heteroatoms. The molecule has 3 N–H and O–H groups in total. The standard InChI is InChI=1S/C9H10N4O3S/c1-10-9(17)12-11-5-6-4-7(13(15)16)2-3-8(6)14/h2-5,14H,1H3,(H2,10,12,17). The molecular formula is C9H10N4O3S. The number of nitrogens with zero attached hydrogens (tertiary/aromatic N) is 2. The fourth-order valence-electron chi connectivity index (χ4n) is 0.975. The van der Waals surface area contributed by atoms with E-state index >= 15 is 0 Å². The van der Waals surface area contributed by atoms with Gasteiger partial charge in [-0.3, -0.25) is 15.5 Å². The lowest BCUT2D eigenvalue weighted by molar-refractivity contribution is -0.384. The Labute approximate surface area is 102 Å². The molecule has 0 saturated carbocycles. The Morgan fingerprint density at radius 2 is 2.35 bits per heavy atom. The predicted molar refractivity (Wildman–Crippen MR) is 67.1 cm³/mol. The van der Waals surface area contributed by atoms with E-state index < -0.39 is 4.92 Å². The molecule has 0 heterocycles. The van der Waals surface area contributed by atoms with Crippen LogP contribution in [-0.4, -0.2) is 28.4 Å². The van der Waals surface area contributed by atoms with Crippen molar-refractivity contribution in [2.45, 2.75) is 0 Å². The van der Waals surface area contributed by atoms with E-state index in [0.29, 0.717) is 5.11 Å². The van der Waals surface area contributed by atoms with Gasteiger partial charge in [-0.2, -0.15) is 5.10 Å². The predicted octanol–water partition coefficient (Wildman–Crippen LogP) is 0.728. The van der Waals surface area contributed by atoms with Crippen LogP contribution in [0.25, 0.3) is 0 Å². The number of nitro benzene ring substituents is 1. The van der Waals surface area contributed by atoms with Crippen molar-refractivity contribution in [1.29, 1.82) is 0 Å². The third-order valence-electron chi connectivity index (χ3n) is 1.82. The lowest BCUT2D eigenvalue weighted by Gasteiger charge is -2.01. The van der Waals surface area contributed by atoms with Gasteiger partial charge in [-0.05, 0) is 18.3 Å². The zero-order valence-corrected chi connectivity index (χ0v) is 9.69. The minimum Gasteiger partial charge on any atom is -0.507 e. The average molecular weight is 254 g/mol. The molecule has 0 spiro atoms. The van der Waals surface area contributed by atoms with Crippen molar-refractivity contribution in [3.8, 4) is 5.75 Å². The number of nitro groups is 1. The summed E-state index contributed by atoms with van der Waals surface area (Å²) in [6.45, 7) is 0. The summed E-state index contributed by atoms with van der Waals surface area (Å²) in [5, 5.41) is 26.6. The molecule has 0 amide bonds. The van der Waals surface area contributed by atoms with Crippen LogP contribution >= 0.6 is 12.2 Å². The van der Waals surface area contributed by atoms with E-state index in [1.54, 1.807) is 7.05 Å². The number of rotatable bonds is 3. The molecule has 17 heavy (non-hydrogen) atoms. The number of benzene rings is 1. The Bertz CT molecular complexity index is 475. The normalized spacial score (nSPS) is 10.2. The number of aromatic hydroxyl groups is 1. The molecule has 0 fully saturated rings. The Balaban J connectivity index is 2.86. The monoisotopic (exact) mass is 254 g/mol. The smallest absolute Gasteiger partial charge is 0.270 e. The molecule has 0 aliphatic rings. The van der Waals surface area contributed by atoms with Gasteiger partial charge in [0.05, 0.1) is 11.1 Å². The maximum absolute atomic E-state index is 10.5. The molecule has 0 bridgehead atoms. The van der Waals surface area contributed by atoms with Gasteiger partial charge in [0, 0.05) is 24.7 Å². The maximum Gasteiger partial charge on any atom is 0.270 e. The van der Waals surface area contributed by atoms with E-state index in [4.69, 9.17) is 12.2 Å².